The van der Waals surface area contributed by atoms with Crippen LogP contribution in [0.25, 0.3) is 0 Å². The summed E-state index contributed by atoms with van der Waals surface area (Å²) in [6.45, 7) is 1.67. The minimum absolute atomic E-state index is 0.590. The van der Waals surface area contributed by atoms with Crippen LogP contribution in [0, 0.1) is 0 Å². The predicted octanol–water partition coefficient (Wildman–Crippen LogP) is 4.46. The molecular weight excluding hydrogens is 390 g/mol. The van der Waals surface area contributed by atoms with Crippen LogP contribution in [-0.4, -0.2) is 17.2 Å². The van der Waals surface area contributed by atoms with Crippen LogP contribution in [0.5, 0.6) is 17.2 Å². The maximum Gasteiger partial charge on any atom is 0.145 e. The molecule has 2 aromatic rings. The molecule has 1 aromatic carbocycles. The number of pyridine rings is 1. The van der Waals surface area contributed by atoms with Crippen LogP contribution in [0.2, 0.25) is 0 Å². The van der Waals surface area contributed by atoms with Crippen molar-refractivity contribution in [3.05, 3.63) is 45.1 Å². The first-order valence-electron chi connectivity index (χ1n) is 5.86. The van der Waals surface area contributed by atoms with Gasteiger partial charge in [0.1, 0.15) is 17.2 Å². The zero-order valence-electron chi connectivity index (χ0n) is 10.9. The lowest BCUT2D eigenvalue weighted by atomic mass is 10.2. The third kappa shape index (κ3) is 3.50. The van der Waals surface area contributed by atoms with Gasteiger partial charge in [-0.1, -0.05) is 0 Å². The Morgan fingerprint density at radius 3 is 2.35 bits per heavy atom. The van der Waals surface area contributed by atoms with Crippen molar-refractivity contribution in [1.82, 2.24) is 4.98 Å². The molecule has 0 aliphatic heterocycles. The van der Waals surface area contributed by atoms with E-state index in [-0.39, 0.29) is 0 Å². The number of methoxy groups -OCH3 is 1. The summed E-state index contributed by atoms with van der Waals surface area (Å²) in [7, 11) is 1.60. The van der Waals surface area contributed by atoms with Crippen molar-refractivity contribution in [1.29, 1.82) is 0 Å². The van der Waals surface area contributed by atoms with Gasteiger partial charge in [0.15, 0.2) is 0 Å². The van der Waals surface area contributed by atoms with Gasteiger partial charge in [-0.2, -0.15) is 0 Å². The molecule has 0 fully saturated rings. The Bertz CT molecular complexity index is 600. The highest BCUT2D eigenvalue weighted by molar-refractivity contribution is 9.11. The Labute approximate surface area is 134 Å². The minimum atomic E-state index is -0.592. The fraction of sp³-hybridized carbons (Fsp3) is 0.214. The number of aliphatic hydroxyl groups is 1. The van der Waals surface area contributed by atoms with Crippen LogP contribution in [0.3, 0.4) is 0 Å². The maximum absolute atomic E-state index is 9.41. The van der Waals surface area contributed by atoms with E-state index < -0.39 is 6.10 Å². The van der Waals surface area contributed by atoms with Gasteiger partial charge in [-0.15, -0.1) is 0 Å². The summed E-state index contributed by atoms with van der Waals surface area (Å²) in [5.74, 6) is 1.95. The molecule has 1 aromatic heterocycles. The van der Waals surface area contributed by atoms with Crippen LogP contribution >= 0.6 is 31.9 Å². The molecule has 0 aliphatic carbocycles. The largest absolute Gasteiger partial charge is 0.496 e. The van der Waals surface area contributed by atoms with Crippen LogP contribution in [-0.2, 0) is 0 Å². The average Bonchev–Trinajstić information content (AvgIpc) is 2.43. The summed E-state index contributed by atoms with van der Waals surface area (Å²) in [5.41, 5.74) is 0.604. The Balaban J connectivity index is 2.23. The first-order chi connectivity index (χ1) is 9.51. The standard InChI is InChI=1S/C14H13Br2NO3/c1-8(18)12-4-3-9(7-17-12)20-14-6-10(15)13(19-2)5-11(14)16/h3-8,18H,1-2H3/t8-/m0/s1. The number of benzene rings is 1. The van der Waals surface area contributed by atoms with Crippen LogP contribution in [0.1, 0.15) is 18.7 Å². The maximum atomic E-state index is 9.41. The van der Waals surface area contributed by atoms with E-state index in [2.05, 4.69) is 36.8 Å². The Hall–Kier alpha value is -1.11. The smallest absolute Gasteiger partial charge is 0.145 e. The Morgan fingerprint density at radius 1 is 1.15 bits per heavy atom. The van der Waals surface area contributed by atoms with Gasteiger partial charge in [0.05, 0.1) is 34.0 Å². The van der Waals surface area contributed by atoms with E-state index in [9.17, 15) is 5.11 Å². The van der Waals surface area contributed by atoms with Gasteiger partial charge < -0.3 is 14.6 Å². The molecule has 106 valence electrons. The quantitative estimate of drug-likeness (QED) is 0.820. The van der Waals surface area contributed by atoms with E-state index >= 15 is 0 Å². The van der Waals surface area contributed by atoms with E-state index in [1.165, 1.54) is 0 Å². The second kappa shape index (κ2) is 6.56. The first-order valence-corrected chi connectivity index (χ1v) is 7.44. The summed E-state index contributed by atoms with van der Waals surface area (Å²) in [4.78, 5) is 4.13. The number of rotatable bonds is 4. The third-order valence-corrected chi connectivity index (χ3v) is 3.86. The van der Waals surface area contributed by atoms with E-state index in [0.717, 1.165) is 8.95 Å². The van der Waals surface area contributed by atoms with Gasteiger partial charge in [-0.3, -0.25) is 4.98 Å². The van der Waals surface area contributed by atoms with Gasteiger partial charge >= 0.3 is 0 Å². The molecule has 0 unspecified atom stereocenters. The van der Waals surface area contributed by atoms with E-state index in [1.54, 1.807) is 32.4 Å². The lowest BCUT2D eigenvalue weighted by Gasteiger charge is -2.11. The number of hydrogen-bond donors (Lipinski definition) is 1. The van der Waals surface area contributed by atoms with Crippen molar-refractivity contribution in [2.45, 2.75) is 13.0 Å². The number of nitrogens with zero attached hydrogens (tertiary/aromatic N) is 1. The molecule has 0 radical (unpaired) electrons. The van der Waals surface area contributed by atoms with Crippen molar-refractivity contribution in [3.8, 4) is 17.2 Å². The number of aromatic nitrogens is 1. The fourth-order valence-corrected chi connectivity index (χ4v) is 2.46. The third-order valence-electron chi connectivity index (χ3n) is 2.62. The molecule has 4 nitrogen and oxygen atoms in total. The molecule has 20 heavy (non-hydrogen) atoms. The highest BCUT2D eigenvalue weighted by Crippen LogP contribution is 2.38. The van der Waals surface area contributed by atoms with Gasteiger partial charge in [0.25, 0.3) is 0 Å². The molecule has 0 bridgehead atoms. The second-order valence-corrected chi connectivity index (χ2v) is 5.82. The second-order valence-electron chi connectivity index (χ2n) is 4.11. The fourth-order valence-electron chi connectivity index (χ4n) is 1.57. The predicted molar refractivity (Wildman–Crippen MR) is 83.3 cm³/mol. The highest BCUT2D eigenvalue weighted by Gasteiger charge is 2.10. The lowest BCUT2D eigenvalue weighted by molar-refractivity contribution is 0.194. The van der Waals surface area contributed by atoms with Crippen LogP contribution in [0.15, 0.2) is 39.4 Å². The molecule has 6 heteroatoms. The summed E-state index contributed by atoms with van der Waals surface area (Å²) in [6, 6.07) is 7.12. The zero-order chi connectivity index (χ0) is 14.7. The van der Waals surface area contributed by atoms with Crippen molar-refractivity contribution in [2.24, 2.45) is 0 Å². The molecule has 0 spiro atoms. The van der Waals surface area contributed by atoms with E-state index in [4.69, 9.17) is 9.47 Å². The topological polar surface area (TPSA) is 51.6 Å². The molecule has 0 aliphatic rings. The normalized spacial score (nSPS) is 12.1. The van der Waals surface area contributed by atoms with E-state index in [1.807, 2.05) is 12.1 Å². The first kappa shape index (κ1) is 15.3. The average molecular weight is 403 g/mol. The van der Waals surface area contributed by atoms with Crippen LogP contribution < -0.4 is 9.47 Å². The molecule has 1 atom stereocenters. The Kier molecular flexibility index (Phi) is 5.01. The van der Waals surface area contributed by atoms with Crippen molar-refractivity contribution in [2.75, 3.05) is 7.11 Å². The number of hydrogen-bond acceptors (Lipinski definition) is 4. The Morgan fingerprint density at radius 2 is 1.80 bits per heavy atom. The van der Waals surface area contributed by atoms with Gasteiger partial charge in [0.2, 0.25) is 0 Å². The van der Waals surface area contributed by atoms with Gasteiger partial charge in [-0.05, 0) is 63.0 Å². The van der Waals surface area contributed by atoms with E-state index in [0.29, 0.717) is 22.9 Å². The SMILES string of the molecule is COc1cc(Br)c(Oc2ccc([C@H](C)O)nc2)cc1Br. The summed E-state index contributed by atoms with van der Waals surface area (Å²) >= 11 is 6.84. The summed E-state index contributed by atoms with van der Waals surface area (Å²) < 4.78 is 12.5. The summed E-state index contributed by atoms with van der Waals surface area (Å²) in [5, 5.41) is 9.41. The molecule has 0 saturated heterocycles. The van der Waals surface area contributed by atoms with Gasteiger partial charge in [-0.25, -0.2) is 0 Å². The number of aliphatic hydroxyl groups excluding tert-OH is 1. The highest BCUT2D eigenvalue weighted by atomic mass is 79.9. The molecular formula is C14H13Br2NO3. The van der Waals surface area contributed by atoms with Gasteiger partial charge in [0, 0.05) is 0 Å². The number of halogens is 2. The van der Waals surface area contributed by atoms with Crippen molar-refractivity contribution in [3.63, 3.8) is 0 Å². The molecule has 0 amide bonds. The molecule has 0 saturated carbocycles. The van der Waals surface area contributed by atoms with Crippen molar-refractivity contribution < 1.29 is 14.6 Å². The lowest BCUT2D eigenvalue weighted by Crippen LogP contribution is -1.95. The monoisotopic (exact) mass is 401 g/mol. The zero-order valence-corrected chi connectivity index (χ0v) is 14.1. The molecule has 1 N–H and O–H groups in total. The molecule has 2 rings (SSSR count). The summed E-state index contributed by atoms with van der Waals surface area (Å²) in [6.07, 6.45) is 0.984. The minimum Gasteiger partial charge on any atom is -0.496 e. The number of ether oxygens (including phenoxy) is 2. The van der Waals surface area contributed by atoms with Crippen LogP contribution in [0.4, 0.5) is 0 Å². The van der Waals surface area contributed by atoms with Crippen molar-refractivity contribution >= 4 is 31.9 Å². The molecule has 1 heterocycles.